The van der Waals surface area contributed by atoms with Crippen molar-refractivity contribution in [3.05, 3.63) is 29.8 Å². The molecule has 4 nitrogen and oxygen atoms in total. The van der Waals surface area contributed by atoms with Crippen LogP contribution in [0.4, 0.5) is 0 Å². The molecule has 124 valence electrons. The molecule has 4 heteroatoms. The lowest BCUT2D eigenvalue weighted by Gasteiger charge is -2.12. The minimum Gasteiger partial charge on any atom is -0.497 e. The molecule has 22 heavy (non-hydrogen) atoms. The number of hydrogen-bond donors (Lipinski definition) is 2. The second-order valence-electron chi connectivity index (χ2n) is 5.67. The molecule has 1 rings (SSSR count). The molecule has 0 spiro atoms. The van der Waals surface area contributed by atoms with Crippen molar-refractivity contribution < 1.29 is 14.6 Å². The molecule has 1 aromatic rings. The number of rotatable bonds is 12. The Bertz CT molecular complexity index is 434. The van der Waals surface area contributed by atoms with Gasteiger partial charge in [-0.1, -0.05) is 31.9 Å². The number of aryl methyl sites for hydroxylation is 1. The van der Waals surface area contributed by atoms with Crippen molar-refractivity contribution in [1.29, 1.82) is 0 Å². The lowest BCUT2D eigenvalue weighted by Crippen LogP contribution is -2.23. The summed E-state index contributed by atoms with van der Waals surface area (Å²) in [5, 5.41) is 12.5. The maximum absolute atomic E-state index is 11.1. The minimum atomic E-state index is -0.661. The van der Waals surface area contributed by atoms with Gasteiger partial charge in [-0.05, 0) is 56.5 Å². The summed E-state index contributed by atoms with van der Waals surface area (Å²) in [7, 11) is 1.68. The van der Waals surface area contributed by atoms with Gasteiger partial charge >= 0.3 is 5.97 Å². The van der Waals surface area contributed by atoms with Gasteiger partial charge in [0.25, 0.3) is 0 Å². The molecule has 0 aliphatic rings. The van der Waals surface area contributed by atoms with Crippen molar-refractivity contribution in [2.24, 2.45) is 5.92 Å². The Balaban J connectivity index is 2.15. The number of methoxy groups -OCH3 is 1. The molecular weight excluding hydrogens is 278 g/mol. The number of benzene rings is 1. The molecule has 1 unspecified atom stereocenters. The van der Waals surface area contributed by atoms with Gasteiger partial charge in [0.1, 0.15) is 5.75 Å². The third kappa shape index (κ3) is 7.46. The number of aliphatic carboxylic acids is 1. The predicted octanol–water partition coefficient (Wildman–Crippen LogP) is 3.50. The molecule has 0 saturated heterocycles. The van der Waals surface area contributed by atoms with Crippen LogP contribution in [-0.4, -0.2) is 31.3 Å². The van der Waals surface area contributed by atoms with E-state index in [1.54, 1.807) is 7.11 Å². The lowest BCUT2D eigenvalue weighted by atomic mass is 9.99. The average molecular weight is 307 g/mol. The first-order chi connectivity index (χ1) is 10.7. The molecule has 2 N–H and O–H groups in total. The Morgan fingerprint density at radius 1 is 1.27 bits per heavy atom. The SMILES string of the molecule is CCCCC(CCNCCCc1cccc(OC)c1)C(=O)O. The van der Waals surface area contributed by atoms with Crippen LogP contribution in [0.3, 0.4) is 0 Å². The number of ether oxygens (including phenoxy) is 1. The van der Waals surface area contributed by atoms with Crippen LogP contribution in [0.2, 0.25) is 0 Å². The monoisotopic (exact) mass is 307 g/mol. The van der Waals surface area contributed by atoms with Crippen molar-refractivity contribution in [3.8, 4) is 5.75 Å². The molecule has 0 heterocycles. The summed E-state index contributed by atoms with van der Waals surface area (Å²) in [6.07, 6.45) is 5.60. The Labute approximate surface area is 133 Å². The molecule has 0 fully saturated rings. The number of unbranched alkanes of at least 4 members (excludes halogenated alkanes) is 1. The molecule has 0 saturated carbocycles. The van der Waals surface area contributed by atoms with Crippen molar-refractivity contribution in [2.75, 3.05) is 20.2 Å². The van der Waals surface area contributed by atoms with Crippen LogP contribution in [0.25, 0.3) is 0 Å². The van der Waals surface area contributed by atoms with Gasteiger partial charge in [0.2, 0.25) is 0 Å². The first-order valence-corrected chi connectivity index (χ1v) is 8.23. The zero-order valence-corrected chi connectivity index (χ0v) is 13.8. The van der Waals surface area contributed by atoms with Gasteiger partial charge in [0.05, 0.1) is 13.0 Å². The average Bonchev–Trinajstić information content (AvgIpc) is 2.53. The van der Waals surface area contributed by atoms with Crippen molar-refractivity contribution in [1.82, 2.24) is 5.32 Å². The van der Waals surface area contributed by atoms with Crippen molar-refractivity contribution >= 4 is 5.97 Å². The fraction of sp³-hybridized carbons (Fsp3) is 0.611. The zero-order chi connectivity index (χ0) is 16.2. The first-order valence-electron chi connectivity index (χ1n) is 8.23. The zero-order valence-electron chi connectivity index (χ0n) is 13.8. The van der Waals surface area contributed by atoms with E-state index in [2.05, 4.69) is 24.4 Å². The highest BCUT2D eigenvalue weighted by Gasteiger charge is 2.15. The minimum absolute atomic E-state index is 0.203. The first kappa shape index (κ1) is 18.5. The van der Waals surface area contributed by atoms with Crippen LogP contribution in [0.1, 0.15) is 44.6 Å². The molecule has 0 aromatic heterocycles. The Morgan fingerprint density at radius 3 is 2.77 bits per heavy atom. The van der Waals surface area contributed by atoms with Gasteiger partial charge in [0, 0.05) is 0 Å². The smallest absolute Gasteiger partial charge is 0.306 e. The van der Waals surface area contributed by atoms with Gasteiger partial charge in [-0.3, -0.25) is 4.79 Å². The molecule has 0 aliphatic carbocycles. The third-order valence-electron chi connectivity index (χ3n) is 3.88. The molecular formula is C18H29NO3. The van der Waals surface area contributed by atoms with E-state index in [-0.39, 0.29) is 5.92 Å². The van der Waals surface area contributed by atoms with E-state index in [4.69, 9.17) is 9.84 Å². The van der Waals surface area contributed by atoms with Gasteiger partial charge < -0.3 is 15.2 Å². The summed E-state index contributed by atoms with van der Waals surface area (Å²) in [5.41, 5.74) is 1.27. The van der Waals surface area contributed by atoms with E-state index >= 15 is 0 Å². The fourth-order valence-corrected chi connectivity index (χ4v) is 2.49. The lowest BCUT2D eigenvalue weighted by molar-refractivity contribution is -0.142. The summed E-state index contributed by atoms with van der Waals surface area (Å²) in [4.78, 5) is 11.1. The van der Waals surface area contributed by atoms with Crippen molar-refractivity contribution in [2.45, 2.75) is 45.4 Å². The number of carboxylic acid groups (broad SMARTS) is 1. The van der Waals surface area contributed by atoms with E-state index in [1.165, 1.54) is 5.56 Å². The maximum Gasteiger partial charge on any atom is 0.306 e. The summed E-state index contributed by atoms with van der Waals surface area (Å²) < 4.78 is 5.21. The normalized spacial score (nSPS) is 12.1. The number of carboxylic acids is 1. The topological polar surface area (TPSA) is 58.6 Å². The van der Waals surface area contributed by atoms with E-state index in [0.29, 0.717) is 6.42 Å². The quantitative estimate of drug-likeness (QED) is 0.580. The van der Waals surface area contributed by atoms with E-state index in [0.717, 1.165) is 50.9 Å². The fourth-order valence-electron chi connectivity index (χ4n) is 2.49. The number of hydrogen-bond acceptors (Lipinski definition) is 3. The second kappa shape index (κ2) is 11.1. The maximum atomic E-state index is 11.1. The van der Waals surface area contributed by atoms with Gasteiger partial charge in [-0.2, -0.15) is 0 Å². The van der Waals surface area contributed by atoms with E-state index in [9.17, 15) is 4.79 Å². The van der Waals surface area contributed by atoms with Crippen LogP contribution in [0, 0.1) is 5.92 Å². The molecule has 1 aromatic carbocycles. The van der Waals surface area contributed by atoms with Crippen LogP contribution < -0.4 is 10.1 Å². The summed E-state index contributed by atoms with van der Waals surface area (Å²) >= 11 is 0. The molecule has 0 amide bonds. The van der Waals surface area contributed by atoms with E-state index in [1.807, 2.05) is 12.1 Å². The van der Waals surface area contributed by atoms with Crippen LogP contribution in [-0.2, 0) is 11.2 Å². The van der Waals surface area contributed by atoms with Crippen LogP contribution in [0.15, 0.2) is 24.3 Å². The third-order valence-corrected chi connectivity index (χ3v) is 3.88. The summed E-state index contributed by atoms with van der Waals surface area (Å²) in [6, 6.07) is 8.12. The molecule has 0 aliphatic heterocycles. The Hall–Kier alpha value is -1.55. The highest BCUT2D eigenvalue weighted by Crippen LogP contribution is 2.14. The second-order valence-corrected chi connectivity index (χ2v) is 5.67. The highest BCUT2D eigenvalue weighted by molar-refractivity contribution is 5.69. The summed E-state index contributed by atoms with van der Waals surface area (Å²) in [6.45, 7) is 3.78. The number of nitrogens with one attached hydrogen (secondary N) is 1. The van der Waals surface area contributed by atoms with E-state index < -0.39 is 5.97 Å². The van der Waals surface area contributed by atoms with Crippen LogP contribution >= 0.6 is 0 Å². The van der Waals surface area contributed by atoms with Gasteiger partial charge in [0.15, 0.2) is 0 Å². The Kier molecular flexibility index (Phi) is 9.31. The van der Waals surface area contributed by atoms with Gasteiger partial charge in [-0.25, -0.2) is 0 Å². The molecule has 1 atom stereocenters. The van der Waals surface area contributed by atoms with Gasteiger partial charge in [-0.15, -0.1) is 0 Å². The van der Waals surface area contributed by atoms with Crippen LogP contribution in [0.5, 0.6) is 5.75 Å². The highest BCUT2D eigenvalue weighted by atomic mass is 16.5. The standard InChI is InChI=1S/C18H29NO3/c1-3-4-9-16(18(20)21)11-13-19-12-6-8-15-7-5-10-17(14-15)22-2/h5,7,10,14,16,19H,3-4,6,8-9,11-13H2,1-2H3,(H,20,21). The summed E-state index contributed by atoms with van der Waals surface area (Å²) in [5.74, 6) is 0.0307. The largest absolute Gasteiger partial charge is 0.497 e. The Morgan fingerprint density at radius 2 is 2.09 bits per heavy atom. The molecule has 0 bridgehead atoms. The predicted molar refractivity (Wildman–Crippen MR) is 89.5 cm³/mol. The van der Waals surface area contributed by atoms with Crippen molar-refractivity contribution in [3.63, 3.8) is 0 Å². The number of carbonyl (C=O) groups is 1. The molecule has 0 radical (unpaired) electrons.